The summed E-state index contributed by atoms with van der Waals surface area (Å²) in [5.41, 5.74) is 2.13. The minimum atomic E-state index is 0.0656. The second kappa shape index (κ2) is 8.19. The second-order valence-corrected chi connectivity index (χ2v) is 8.29. The number of allylic oxidation sites excluding steroid dienone is 1. The first-order chi connectivity index (χ1) is 13.7. The number of imidazole rings is 1. The van der Waals surface area contributed by atoms with Gasteiger partial charge in [-0.2, -0.15) is 0 Å². The molecule has 5 nitrogen and oxygen atoms in total. The van der Waals surface area contributed by atoms with Crippen LogP contribution in [0.15, 0.2) is 54.4 Å². The Morgan fingerprint density at radius 2 is 2.11 bits per heavy atom. The fourth-order valence-corrected chi connectivity index (χ4v) is 4.63. The molecule has 1 saturated heterocycles. The molecule has 1 aliphatic heterocycles. The average molecular weight is 395 g/mol. The number of carbonyl (C=O) groups excluding carboxylic acids is 1. The standard InChI is InChI=1S/C22H26N4OS/c1-3-12-26-19-8-5-4-7-18(19)24-22(26)25-13-10-17(11-14-25)21(27)23-16(2)20-9-6-15-28-20/h3-9,15-17H,1,10-14H2,2H3,(H,23,27)/t16-/m1/s1. The summed E-state index contributed by atoms with van der Waals surface area (Å²) in [4.78, 5) is 21.0. The monoisotopic (exact) mass is 394 g/mol. The highest BCUT2D eigenvalue weighted by atomic mass is 32.1. The maximum Gasteiger partial charge on any atom is 0.223 e. The van der Waals surface area contributed by atoms with Gasteiger partial charge in [-0.1, -0.05) is 24.3 Å². The average Bonchev–Trinajstić information content (AvgIpc) is 3.37. The summed E-state index contributed by atoms with van der Waals surface area (Å²) >= 11 is 1.68. The summed E-state index contributed by atoms with van der Waals surface area (Å²) in [6, 6.07) is 12.4. The van der Waals surface area contributed by atoms with Crippen LogP contribution >= 0.6 is 11.3 Å². The van der Waals surface area contributed by atoms with Crippen LogP contribution in [0, 0.1) is 5.92 Å². The number of carbonyl (C=O) groups is 1. The van der Waals surface area contributed by atoms with Crippen LogP contribution < -0.4 is 10.2 Å². The molecule has 3 aromatic rings. The van der Waals surface area contributed by atoms with Crippen LogP contribution in [0.1, 0.15) is 30.7 Å². The number of amides is 1. The van der Waals surface area contributed by atoms with Crippen molar-refractivity contribution >= 4 is 34.2 Å². The van der Waals surface area contributed by atoms with Crippen LogP contribution in [0.3, 0.4) is 0 Å². The molecule has 1 aromatic carbocycles. The normalized spacial score (nSPS) is 16.2. The predicted molar refractivity (Wildman–Crippen MR) is 116 cm³/mol. The maximum atomic E-state index is 12.7. The highest BCUT2D eigenvalue weighted by Gasteiger charge is 2.28. The summed E-state index contributed by atoms with van der Waals surface area (Å²) in [6.07, 6.45) is 3.60. The van der Waals surface area contributed by atoms with Crippen molar-refractivity contribution in [3.8, 4) is 0 Å². The summed E-state index contributed by atoms with van der Waals surface area (Å²) in [6.45, 7) is 8.35. The van der Waals surface area contributed by atoms with Gasteiger partial charge in [-0.05, 0) is 43.3 Å². The Balaban J connectivity index is 1.43. The molecule has 0 aliphatic carbocycles. The van der Waals surface area contributed by atoms with Crippen molar-refractivity contribution in [2.45, 2.75) is 32.4 Å². The number of hydrogen-bond acceptors (Lipinski definition) is 4. The highest BCUT2D eigenvalue weighted by Crippen LogP contribution is 2.28. The van der Waals surface area contributed by atoms with Crippen LogP contribution in [0.5, 0.6) is 0 Å². The zero-order valence-electron chi connectivity index (χ0n) is 16.2. The highest BCUT2D eigenvalue weighted by molar-refractivity contribution is 7.10. The molecule has 6 heteroatoms. The first kappa shape index (κ1) is 18.7. The number of thiophene rings is 1. The molecular weight excluding hydrogens is 368 g/mol. The third-order valence-electron chi connectivity index (χ3n) is 5.42. The lowest BCUT2D eigenvalue weighted by molar-refractivity contribution is -0.126. The molecule has 28 heavy (non-hydrogen) atoms. The summed E-state index contributed by atoms with van der Waals surface area (Å²) < 4.78 is 2.21. The maximum absolute atomic E-state index is 12.7. The fourth-order valence-electron chi connectivity index (χ4n) is 3.89. The van der Waals surface area contributed by atoms with E-state index in [9.17, 15) is 4.79 Å². The van der Waals surface area contributed by atoms with Crippen LogP contribution in [0.4, 0.5) is 5.95 Å². The van der Waals surface area contributed by atoms with Crippen LogP contribution in [0.2, 0.25) is 0 Å². The third-order valence-corrected chi connectivity index (χ3v) is 6.48. The molecule has 2 aromatic heterocycles. The van der Waals surface area contributed by atoms with Crippen molar-refractivity contribution in [2.75, 3.05) is 18.0 Å². The molecule has 1 atom stereocenters. The van der Waals surface area contributed by atoms with E-state index in [1.54, 1.807) is 11.3 Å². The molecule has 1 amide bonds. The molecule has 4 rings (SSSR count). The van der Waals surface area contributed by atoms with Crippen molar-refractivity contribution in [3.63, 3.8) is 0 Å². The lowest BCUT2D eigenvalue weighted by Gasteiger charge is -2.32. The molecule has 1 N–H and O–H groups in total. The second-order valence-electron chi connectivity index (χ2n) is 7.31. The van der Waals surface area contributed by atoms with Gasteiger partial charge in [-0.15, -0.1) is 17.9 Å². The zero-order valence-corrected chi connectivity index (χ0v) is 17.0. The van der Waals surface area contributed by atoms with E-state index in [-0.39, 0.29) is 17.9 Å². The van der Waals surface area contributed by atoms with Gasteiger partial charge in [-0.25, -0.2) is 4.98 Å². The van der Waals surface area contributed by atoms with Gasteiger partial charge in [0.25, 0.3) is 0 Å². The van der Waals surface area contributed by atoms with E-state index in [1.807, 2.05) is 35.7 Å². The number of para-hydroxylation sites is 2. The van der Waals surface area contributed by atoms with Crippen molar-refractivity contribution in [3.05, 3.63) is 59.3 Å². The van der Waals surface area contributed by atoms with E-state index < -0.39 is 0 Å². The van der Waals surface area contributed by atoms with Gasteiger partial charge in [0.15, 0.2) is 0 Å². The van der Waals surface area contributed by atoms with E-state index in [1.165, 1.54) is 4.88 Å². The minimum absolute atomic E-state index is 0.0656. The lowest BCUT2D eigenvalue weighted by Crippen LogP contribution is -2.42. The molecule has 0 saturated carbocycles. The number of fused-ring (bicyclic) bond motifs is 1. The van der Waals surface area contributed by atoms with Gasteiger partial charge in [0, 0.05) is 30.4 Å². The lowest BCUT2D eigenvalue weighted by atomic mass is 9.95. The number of anilines is 1. The van der Waals surface area contributed by atoms with Crippen molar-refractivity contribution in [1.82, 2.24) is 14.9 Å². The SMILES string of the molecule is C=CCn1c(N2CCC(C(=O)N[C@H](C)c3cccs3)CC2)nc2ccccc21. The molecule has 0 bridgehead atoms. The Morgan fingerprint density at radius 3 is 2.82 bits per heavy atom. The smallest absolute Gasteiger partial charge is 0.223 e. The quantitative estimate of drug-likeness (QED) is 0.631. The first-order valence-corrected chi connectivity index (χ1v) is 10.7. The summed E-state index contributed by atoms with van der Waals surface area (Å²) in [7, 11) is 0. The Bertz CT molecular complexity index is 954. The molecule has 0 spiro atoms. The van der Waals surface area contributed by atoms with Crippen molar-refractivity contribution in [1.29, 1.82) is 0 Å². The van der Waals surface area contributed by atoms with Gasteiger partial charge < -0.3 is 14.8 Å². The molecule has 0 radical (unpaired) electrons. The minimum Gasteiger partial charge on any atom is -0.349 e. The zero-order chi connectivity index (χ0) is 19.5. The Hall–Kier alpha value is -2.60. The molecule has 1 fully saturated rings. The third kappa shape index (κ3) is 3.69. The topological polar surface area (TPSA) is 50.2 Å². The number of rotatable bonds is 6. The van der Waals surface area contributed by atoms with E-state index in [4.69, 9.17) is 4.98 Å². The van der Waals surface area contributed by atoms with Crippen molar-refractivity contribution in [2.24, 2.45) is 5.92 Å². The van der Waals surface area contributed by atoms with E-state index in [2.05, 4.69) is 40.4 Å². The van der Waals surface area contributed by atoms with E-state index in [0.717, 1.165) is 49.5 Å². The number of aromatic nitrogens is 2. The first-order valence-electron chi connectivity index (χ1n) is 9.82. The van der Waals surface area contributed by atoms with E-state index in [0.29, 0.717) is 0 Å². The van der Waals surface area contributed by atoms with Gasteiger partial charge >= 0.3 is 0 Å². The van der Waals surface area contributed by atoms with Crippen LogP contribution in [0.25, 0.3) is 11.0 Å². The van der Waals surface area contributed by atoms with Gasteiger partial charge in [-0.3, -0.25) is 4.79 Å². The number of nitrogens with one attached hydrogen (secondary N) is 1. The van der Waals surface area contributed by atoms with Gasteiger partial charge in [0.1, 0.15) is 0 Å². The Kier molecular flexibility index (Phi) is 5.48. The largest absolute Gasteiger partial charge is 0.349 e. The molecule has 1 aliphatic rings. The van der Waals surface area contributed by atoms with Crippen molar-refractivity contribution < 1.29 is 4.79 Å². The number of nitrogens with zero attached hydrogens (tertiary/aromatic N) is 3. The Labute approximate surface area is 169 Å². The molecule has 3 heterocycles. The van der Waals surface area contributed by atoms with Gasteiger partial charge in [0.2, 0.25) is 11.9 Å². The summed E-state index contributed by atoms with van der Waals surface area (Å²) in [5.74, 6) is 1.21. The summed E-state index contributed by atoms with van der Waals surface area (Å²) in [5, 5.41) is 5.23. The molecular formula is C22H26N4OS. The van der Waals surface area contributed by atoms with Gasteiger partial charge in [0.05, 0.1) is 17.1 Å². The fraction of sp³-hybridized carbons (Fsp3) is 0.364. The number of benzene rings is 1. The van der Waals surface area contributed by atoms with E-state index >= 15 is 0 Å². The number of piperidine rings is 1. The predicted octanol–water partition coefficient (Wildman–Crippen LogP) is 4.38. The molecule has 0 unspecified atom stereocenters. The molecule has 146 valence electrons. The number of hydrogen-bond donors (Lipinski definition) is 1. The van der Waals surface area contributed by atoms with Crippen LogP contribution in [-0.4, -0.2) is 28.5 Å². The Morgan fingerprint density at radius 1 is 1.32 bits per heavy atom. The van der Waals surface area contributed by atoms with Crippen LogP contribution in [-0.2, 0) is 11.3 Å².